The Bertz CT molecular complexity index is 525. The molecule has 23 heavy (non-hydrogen) atoms. The van der Waals surface area contributed by atoms with Crippen LogP contribution in [0.15, 0.2) is 24.3 Å². The standard InChI is InChI=1S/C16H24N4O3/c1-19-9-11-20(12-10-19)18-16(22)15(21)17-8-7-13-3-5-14(23-2)6-4-13/h3-6H,7-12H2,1-2H3,(H,17,21)(H,18,22). The number of hydrogen-bond acceptors (Lipinski definition) is 5. The molecule has 7 heteroatoms. The Balaban J connectivity index is 1.68. The third-order valence-corrected chi connectivity index (χ3v) is 3.83. The molecule has 7 nitrogen and oxygen atoms in total. The molecule has 0 spiro atoms. The number of amides is 2. The number of carbonyl (C=O) groups is 2. The van der Waals surface area contributed by atoms with Crippen molar-refractivity contribution in [2.45, 2.75) is 6.42 Å². The smallest absolute Gasteiger partial charge is 0.323 e. The first-order chi connectivity index (χ1) is 11.1. The van der Waals surface area contributed by atoms with E-state index in [0.29, 0.717) is 13.0 Å². The van der Waals surface area contributed by atoms with Crippen LogP contribution in [0.1, 0.15) is 5.56 Å². The summed E-state index contributed by atoms with van der Waals surface area (Å²) in [6, 6.07) is 7.62. The van der Waals surface area contributed by atoms with Crippen molar-refractivity contribution in [2.24, 2.45) is 0 Å². The minimum atomic E-state index is -0.607. The Kier molecular flexibility index (Phi) is 6.37. The maximum absolute atomic E-state index is 11.8. The van der Waals surface area contributed by atoms with Crippen LogP contribution in [-0.4, -0.2) is 68.6 Å². The molecule has 1 aromatic carbocycles. The number of benzene rings is 1. The summed E-state index contributed by atoms with van der Waals surface area (Å²) in [5.74, 6) is -0.411. The third kappa shape index (κ3) is 5.54. The van der Waals surface area contributed by atoms with Crippen LogP contribution in [-0.2, 0) is 16.0 Å². The van der Waals surface area contributed by atoms with Gasteiger partial charge >= 0.3 is 11.8 Å². The topological polar surface area (TPSA) is 73.9 Å². The molecule has 1 saturated heterocycles. The normalized spacial score (nSPS) is 15.9. The van der Waals surface area contributed by atoms with Crippen molar-refractivity contribution in [2.75, 3.05) is 46.9 Å². The van der Waals surface area contributed by atoms with E-state index < -0.39 is 11.8 Å². The molecule has 0 aromatic heterocycles. The Morgan fingerprint density at radius 2 is 1.74 bits per heavy atom. The first-order valence-corrected chi connectivity index (χ1v) is 7.73. The van der Waals surface area contributed by atoms with E-state index in [0.717, 1.165) is 37.5 Å². The summed E-state index contributed by atoms with van der Waals surface area (Å²) in [6.07, 6.45) is 0.664. The summed E-state index contributed by atoms with van der Waals surface area (Å²) < 4.78 is 5.09. The van der Waals surface area contributed by atoms with Crippen LogP contribution in [0.2, 0.25) is 0 Å². The van der Waals surface area contributed by atoms with Crippen LogP contribution < -0.4 is 15.5 Å². The lowest BCUT2D eigenvalue weighted by Crippen LogP contribution is -2.55. The second-order valence-corrected chi connectivity index (χ2v) is 5.59. The number of methoxy groups -OCH3 is 1. The van der Waals surface area contributed by atoms with E-state index in [1.54, 1.807) is 12.1 Å². The zero-order valence-electron chi connectivity index (χ0n) is 13.7. The fourth-order valence-corrected chi connectivity index (χ4v) is 2.31. The van der Waals surface area contributed by atoms with Gasteiger partial charge in [-0.2, -0.15) is 0 Å². The number of piperazine rings is 1. The van der Waals surface area contributed by atoms with Crippen LogP contribution in [0.4, 0.5) is 0 Å². The predicted molar refractivity (Wildman–Crippen MR) is 86.9 cm³/mol. The Morgan fingerprint density at radius 3 is 2.35 bits per heavy atom. The lowest BCUT2D eigenvalue weighted by atomic mass is 10.1. The molecule has 126 valence electrons. The molecule has 0 unspecified atom stereocenters. The summed E-state index contributed by atoms with van der Waals surface area (Å²) in [5, 5.41) is 4.42. The number of likely N-dealkylation sites (N-methyl/N-ethyl adjacent to an activating group) is 1. The van der Waals surface area contributed by atoms with Crippen molar-refractivity contribution < 1.29 is 14.3 Å². The quantitative estimate of drug-likeness (QED) is 0.725. The van der Waals surface area contributed by atoms with Crippen molar-refractivity contribution in [1.29, 1.82) is 0 Å². The minimum absolute atomic E-state index is 0.418. The maximum Gasteiger partial charge on any atom is 0.323 e. The number of hydrogen-bond donors (Lipinski definition) is 2. The van der Waals surface area contributed by atoms with Crippen molar-refractivity contribution >= 4 is 11.8 Å². The second kappa shape index (κ2) is 8.50. The number of rotatable bonds is 5. The van der Waals surface area contributed by atoms with Crippen molar-refractivity contribution in [3.8, 4) is 5.75 Å². The summed E-state index contributed by atoms with van der Waals surface area (Å²) in [5.41, 5.74) is 3.72. The number of hydrazine groups is 1. The van der Waals surface area contributed by atoms with Gasteiger partial charge in [-0.05, 0) is 31.2 Å². The summed E-state index contributed by atoms with van der Waals surface area (Å²) in [6.45, 7) is 3.61. The monoisotopic (exact) mass is 320 g/mol. The molecular formula is C16H24N4O3. The first-order valence-electron chi connectivity index (χ1n) is 7.73. The third-order valence-electron chi connectivity index (χ3n) is 3.83. The molecule has 1 aliphatic heterocycles. The molecule has 2 amide bonds. The van der Waals surface area contributed by atoms with Crippen molar-refractivity contribution in [3.05, 3.63) is 29.8 Å². The molecule has 0 radical (unpaired) electrons. The second-order valence-electron chi connectivity index (χ2n) is 5.59. The van der Waals surface area contributed by atoms with Crippen LogP contribution >= 0.6 is 0 Å². The highest BCUT2D eigenvalue weighted by atomic mass is 16.5. The summed E-state index contributed by atoms with van der Waals surface area (Å²) >= 11 is 0. The van der Waals surface area contributed by atoms with Crippen molar-refractivity contribution in [3.63, 3.8) is 0 Å². The largest absolute Gasteiger partial charge is 0.497 e. The van der Waals surface area contributed by atoms with Crippen LogP contribution in [0.25, 0.3) is 0 Å². The van der Waals surface area contributed by atoms with E-state index in [1.807, 2.05) is 31.3 Å². The van der Waals surface area contributed by atoms with Gasteiger partial charge in [0.25, 0.3) is 0 Å². The van der Waals surface area contributed by atoms with Gasteiger partial charge in [0.05, 0.1) is 7.11 Å². The molecule has 1 aliphatic rings. The Hall–Kier alpha value is -2.12. The average Bonchev–Trinajstić information content (AvgIpc) is 2.57. The van der Waals surface area contributed by atoms with E-state index in [9.17, 15) is 9.59 Å². The molecule has 0 saturated carbocycles. The highest BCUT2D eigenvalue weighted by molar-refractivity contribution is 6.34. The van der Waals surface area contributed by atoms with Gasteiger partial charge in [-0.1, -0.05) is 12.1 Å². The van der Waals surface area contributed by atoms with Crippen LogP contribution in [0.3, 0.4) is 0 Å². The maximum atomic E-state index is 11.8. The molecule has 0 bridgehead atoms. The van der Waals surface area contributed by atoms with Crippen molar-refractivity contribution in [1.82, 2.24) is 20.7 Å². The van der Waals surface area contributed by atoms with Crippen LogP contribution in [0, 0.1) is 0 Å². The highest BCUT2D eigenvalue weighted by Gasteiger charge is 2.19. The Labute approximate surface area is 136 Å². The first kappa shape index (κ1) is 17.2. The van der Waals surface area contributed by atoms with E-state index in [-0.39, 0.29) is 0 Å². The summed E-state index contributed by atoms with van der Waals surface area (Å²) in [7, 11) is 3.65. The fourth-order valence-electron chi connectivity index (χ4n) is 2.31. The molecule has 2 N–H and O–H groups in total. The van der Waals surface area contributed by atoms with E-state index in [2.05, 4.69) is 15.6 Å². The van der Waals surface area contributed by atoms with Gasteiger partial charge < -0.3 is 15.0 Å². The lowest BCUT2D eigenvalue weighted by Gasteiger charge is -2.32. The van der Waals surface area contributed by atoms with E-state index in [1.165, 1.54) is 0 Å². The van der Waals surface area contributed by atoms with Gasteiger partial charge in [-0.15, -0.1) is 0 Å². The number of ether oxygens (including phenoxy) is 1. The van der Waals surface area contributed by atoms with E-state index >= 15 is 0 Å². The van der Waals surface area contributed by atoms with Crippen LogP contribution in [0.5, 0.6) is 5.75 Å². The van der Waals surface area contributed by atoms with Gasteiger partial charge in [0, 0.05) is 32.7 Å². The molecule has 1 heterocycles. The predicted octanol–water partition coefficient (Wildman–Crippen LogP) is -0.367. The SMILES string of the molecule is COc1ccc(CCNC(=O)C(=O)NN2CCN(C)CC2)cc1. The number of nitrogens with zero attached hydrogens (tertiary/aromatic N) is 2. The molecule has 0 atom stereocenters. The average molecular weight is 320 g/mol. The molecule has 0 aliphatic carbocycles. The van der Waals surface area contributed by atoms with Gasteiger partial charge in [-0.3, -0.25) is 15.0 Å². The molecular weight excluding hydrogens is 296 g/mol. The lowest BCUT2D eigenvalue weighted by molar-refractivity contribution is -0.142. The van der Waals surface area contributed by atoms with Gasteiger partial charge in [0.15, 0.2) is 0 Å². The molecule has 1 fully saturated rings. The summed E-state index contributed by atoms with van der Waals surface area (Å²) in [4.78, 5) is 25.8. The number of nitrogens with one attached hydrogen (secondary N) is 2. The van der Waals surface area contributed by atoms with E-state index in [4.69, 9.17) is 4.74 Å². The molecule has 2 rings (SSSR count). The number of carbonyl (C=O) groups excluding carboxylic acids is 2. The zero-order chi connectivity index (χ0) is 16.7. The fraction of sp³-hybridized carbons (Fsp3) is 0.500. The zero-order valence-corrected chi connectivity index (χ0v) is 13.7. The van der Waals surface area contributed by atoms with Gasteiger partial charge in [0.1, 0.15) is 5.75 Å². The Morgan fingerprint density at radius 1 is 1.09 bits per heavy atom. The molecule has 1 aromatic rings. The van der Waals surface area contributed by atoms with Gasteiger partial charge in [0.2, 0.25) is 0 Å². The highest BCUT2D eigenvalue weighted by Crippen LogP contribution is 2.11. The van der Waals surface area contributed by atoms with Gasteiger partial charge in [-0.25, -0.2) is 5.01 Å². The minimum Gasteiger partial charge on any atom is -0.497 e.